The zero-order chi connectivity index (χ0) is 25.9. The van der Waals surface area contributed by atoms with Gasteiger partial charge in [0.1, 0.15) is 0 Å². The van der Waals surface area contributed by atoms with Crippen LogP contribution in [0, 0.1) is 0 Å². The summed E-state index contributed by atoms with van der Waals surface area (Å²) < 4.78 is 22.5. The molecule has 3 rings (SSSR count). The number of rotatable bonds is 6. The zero-order valence-electron chi connectivity index (χ0n) is 19.5. The van der Waals surface area contributed by atoms with Crippen molar-refractivity contribution < 1.29 is 28.4 Å². The summed E-state index contributed by atoms with van der Waals surface area (Å²) in [6.45, 7) is 0. The van der Waals surface area contributed by atoms with Gasteiger partial charge >= 0.3 is 12.2 Å². The van der Waals surface area contributed by atoms with E-state index in [0.29, 0.717) is 21.2 Å². The van der Waals surface area contributed by atoms with Gasteiger partial charge in [0, 0.05) is 22.9 Å². The molecule has 0 bridgehead atoms. The number of carbonyl (C=O) groups excluding carboxylic acids is 3. The molecule has 0 saturated heterocycles. The number of hydrogen-bond donors (Lipinski definition) is 3. The number of anilines is 2. The molecule has 3 amide bonds. The third-order valence-corrected chi connectivity index (χ3v) is 6.10. The molecule has 0 aromatic heterocycles. The highest BCUT2D eigenvalue weighted by atomic mass is 32.2. The lowest BCUT2D eigenvalue weighted by Gasteiger charge is -2.17. The van der Waals surface area contributed by atoms with Crippen LogP contribution in [-0.2, 0) is 31.9 Å². The lowest BCUT2D eigenvalue weighted by atomic mass is 10.1. The minimum absolute atomic E-state index is 0.136. The average molecular weight is 509 g/mol. The molecule has 0 aliphatic carbocycles. The van der Waals surface area contributed by atoms with Crippen molar-refractivity contribution in [3.05, 3.63) is 84.4 Å². The van der Waals surface area contributed by atoms with E-state index in [1.165, 1.54) is 6.07 Å². The molecule has 0 spiro atoms. The summed E-state index contributed by atoms with van der Waals surface area (Å²) >= 11 is -1.67. The fourth-order valence-electron chi connectivity index (χ4n) is 3.01. The Balaban J connectivity index is 1.93. The predicted octanol–water partition coefficient (Wildman–Crippen LogP) is 3.92. The number of nitrogens with one attached hydrogen (secondary N) is 3. The molecule has 186 valence electrons. The van der Waals surface area contributed by atoms with Crippen LogP contribution in [0.15, 0.2) is 93.6 Å². The highest BCUT2D eigenvalue weighted by Gasteiger charge is 2.22. The highest BCUT2D eigenvalue weighted by Crippen LogP contribution is 2.30. The van der Waals surface area contributed by atoms with Crippen molar-refractivity contribution in [2.24, 2.45) is 4.99 Å². The number of alkyl carbamates (subject to hydrolysis) is 1. The summed E-state index contributed by atoms with van der Waals surface area (Å²) in [4.78, 5) is 40.4. The van der Waals surface area contributed by atoms with Gasteiger partial charge in [0.15, 0.2) is 9.79 Å². The second kappa shape index (κ2) is 12.9. The topological polar surface area (TPSA) is 141 Å². The quantitative estimate of drug-likeness (QED) is 0.260. The summed E-state index contributed by atoms with van der Waals surface area (Å²) in [6, 6.07) is 22.6. The molecule has 1 atom stereocenters. The van der Waals surface area contributed by atoms with E-state index in [4.69, 9.17) is 0 Å². The number of benzene rings is 3. The number of ether oxygens (including phenoxy) is 2. The van der Waals surface area contributed by atoms with Gasteiger partial charge in [-0.3, -0.25) is 10.1 Å². The van der Waals surface area contributed by atoms with Gasteiger partial charge in [-0.15, -0.1) is 4.99 Å². The van der Waals surface area contributed by atoms with E-state index in [1.54, 1.807) is 42.5 Å². The Morgan fingerprint density at radius 1 is 0.889 bits per heavy atom. The van der Waals surface area contributed by atoms with Crippen LogP contribution in [0.25, 0.3) is 0 Å². The normalized spacial score (nSPS) is 11.7. The molecule has 0 radical (unpaired) electrons. The van der Waals surface area contributed by atoms with E-state index >= 15 is 0 Å². The van der Waals surface area contributed by atoms with Crippen LogP contribution in [0.5, 0.6) is 0 Å². The van der Waals surface area contributed by atoms with Gasteiger partial charge in [-0.05, 0) is 29.8 Å². The minimum Gasteiger partial charge on any atom is -0.606 e. The van der Waals surface area contributed by atoms with Crippen molar-refractivity contribution in [2.45, 2.75) is 16.2 Å². The molecular formula is C25H24N4O6S. The molecular weight excluding hydrogens is 484 g/mol. The van der Waals surface area contributed by atoms with Crippen LogP contribution in [0.1, 0.15) is 5.56 Å². The number of carbonyl (C=O) groups is 3. The summed E-state index contributed by atoms with van der Waals surface area (Å²) in [5, 5.41) is 7.85. The Labute approximate surface area is 210 Å². The smallest absolute Gasteiger partial charge is 0.436 e. The Kier molecular flexibility index (Phi) is 9.43. The van der Waals surface area contributed by atoms with Gasteiger partial charge in [-0.25, -0.2) is 9.59 Å². The molecule has 36 heavy (non-hydrogen) atoms. The van der Waals surface area contributed by atoms with Gasteiger partial charge in [0.05, 0.1) is 26.3 Å². The van der Waals surface area contributed by atoms with Crippen molar-refractivity contribution in [2.75, 3.05) is 24.9 Å². The second-order valence-corrected chi connectivity index (χ2v) is 8.62. The molecule has 0 saturated carbocycles. The first kappa shape index (κ1) is 26.3. The Hall–Kier alpha value is -4.35. The van der Waals surface area contributed by atoms with Crippen molar-refractivity contribution >= 4 is 46.6 Å². The summed E-state index contributed by atoms with van der Waals surface area (Å²) in [5.74, 6) is -0.556. The maximum Gasteiger partial charge on any atom is 0.436 e. The lowest BCUT2D eigenvalue weighted by Crippen LogP contribution is -2.36. The number of amides is 3. The van der Waals surface area contributed by atoms with Crippen LogP contribution in [-0.4, -0.2) is 42.8 Å². The third kappa shape index (κ3) is 7.58. The lowest BCUT2D eigenvalue weighted by molar-refractivity contribution is -0.115. The van der Waals surface area contributed by atoms with Crippen LogP contribution in [0.4, 0.5) is 21.0 Å². The zero-order valence-corrected chi connectivity index (χ0v) is 20.3. The van der Waals surface area contributed by atoms with Gasteiger partial charge in [-0.2, -0.15) is 0 Å². The molecule has 3 N–H and O–H groups in total. The first-order chi connectivity index (χ1) is 17.4. The van der Waals surface area contributed by atoms with E-state index in [1.807, 2.05) is 30.3 Å². The summed E-state index contributed by atoms with van der Waals surface area (Å²) in [5.41, 5.74) is 1.50. The molecule has 10 nitrogen and oxygen atoms in total. The predicted molar refractivity (Wildman–Crippen MR) is 135 cm³/mol. The number of aliphatic imine (C=N–C) groups is 1. The third-order valence-electron chi connectivity index (χ3n) is 4.67. The van der Waals surface area contributed by atoms with Gasteiger partial charge in [-0.1, -0.05) is 48.5 Å². The van der Waals surface area contributed by atoms with E-state index in [-0.39, 0.29) is 18.3 Å². The van der Waals surface area contributed by atoms with Crippen LogP contribution < -0.4 is 16.0 Å². The molecule has 0 fully saturated rings. The maximum absolute atomic E-state index is 13.4. The van der Waals surface area contributed by atoms with Crippen LogP contribution >= 0.6 is 0 Å². The average Bonchev–Trinajstić information content (AvgIpc) is 2.89. The van der Waals surface area contributed by atoms with Crippen molar-refractivity contribution in [3.8, 4) is 0 Å². The van der Waals surface area contributed by atoms with Gasteiger partial charge in [0.25, 0.3) is 0 Å². The fraction of sp³-hybridized carbons (Fsp3) is 0.120. The van der Waals surface area contributed by atoms with Crippen molar-refractivity contribution in [1.82, 2.24) is 5.32 Å². The van der Waals surface area contributed by atoms with Crippen LogP contribution in [0.3, 0.4) is 0 Å². The van der Waals surface area contributed by atoms with E-state index in [2.05, 4.69) is 30.4 Å². The molecule has 1 unspecified atom stereocenters. The monoisotopic (exact) mass is 508 g/mol. The Morgan fingerprint density at radius 3 is 2.19 bits per heavy atom. The van der Waals surface area contributed by atoms with Gasteiger partial charge < -0.3 is 24.7 Å². The number of methoxy groups -OCH3 is 2. The second-order valence-electron chi connectivity index (χ2n) is 7.18. The minimum atomic E-state index is -1.67. The molecule has 11 heteroatoms. The van der Waals surface area contributed by atoms with E-state index in [9.17, 15) is 18.9 Å². The molecule has 3 aromatic rings. The highest BCUT2D eigenvalue weighted by molar-refractivity contribution is 7.91. The Morgan fingerprint density at radius 2 is 1.56 bits per heavy atom. The Bertz CT molecular complexity index is 1240. The van der Waals surface area contributed by atoms with E-state index < -0.39 is 23.4 Å². The first-order valence-electron chi connectivity index (χ1n) is 10.6. The molecule has 3 aromatic carbocycles. The van der Waals surface area contributed by atoms with Crippen LogP contribution in [0.2, 0.25) is 0 Å². The first-order valence-corrected chi connectivity index (χ1v) is 11.8. The molecule has 0 heterocycles. The number of guanidine groups is 1. The summed E-state index contributed by atoms with van der Waals surface area (Å²) in [7, 11) is 2.29. The number of hydrogen-bond acceptors (Lipinski definition) is 6. The molecule has 0 aliphatic rings. The fourth-order valence-corrected chi connectivity index (χ4v) is 4.22. The maximum atomic E-state index is 13.4. The number of nitrogens with zero attached hydrogens (tertiary/aromatic N) is 1. The summed E-state index contributed by atoms with van der Waals surface area (Å²) in [6.07, 6.45) is -1.70. The van der Waals surface area contributed by atoms with Gasteiger partial charge in [0.2, 0.25) is 11.9 Å². The SMILES string of the molecule is COC(=O)N=C(NC(=O)OC)Nc1ccc(NC(=O)Cc2ccccc2)c([S+]([O-])c2ccccc2)c1. The molecule has 0 aliphatic heterocycles. The van der Waals surface area contributed by atoms with E-state index in [0.717, 1.165) is 19.8 Å². The van der Waals surface area contributed by atoms with Crippen molar-refractivity contribution in [3.63, 3.8) is 0 Å². The largest absolute Gasteiger partial charge is 0.606 e. The standard InChI is InChI=1S/C25H24N4O6S/c1-34-24(31)28-23(29-25(32)35-2)26-18-13-14-20(27-22(30)15-17-9-5-3-6-10-17)21(16-18)36(33)19-11-7-4-8-12-19/h3-14,16H,15H2,1-2H3,(H,27,30)(H2,26,28,29,31,32). The van der Waals surface area contributed by atoms with Crippen molar-refractivity contribution in [1.29, 1.82) is 0 Å².